The Hall–Kier alpha value is -1.79. The van der Waals surface area contributed by atoms with Gasteiger partial charge in [-0.2, -0.15) is 0 Å². The van der Waals surface area contributed by atoms with Gasteiger partial charge in [0, 0.05) is 24.1 Å². The molecule has 0 bridgehead atoms. The van der Waals surface area contributed by atoms with E-state index in [4.69, 9.17) is 0 Å². The van der Waals surface area contributed by atoms with Crippen LogP contribution in [-0.4, -0.2) is 28.7 Å². The molecule has 2 aromatic rings. The molecule has 3 rings (SSSR count). The number of hydrogen-bond acceptors (Lipinski definition) is 5. The van der Waals surface area contributed by atoms with Crippen molar-refractivity contribution in [1.82, 2.24) is 15.5 Å². The minimum atomic E-state index is -0.132. The molecule has 1 aromatic heterocycles. The predicted octanol–water partition coefficient (Wildman–Crippen LogP) is 3.59. The maximum atomic E-state index is 12.4. The number of benzene rings is 1. The summed E-state index contributed by atoms with van der Waals surface area (Å²) in [5.41, 5.74) is 2.18. The van der Waals surface area contributed by atoms with Crippen LogP contribution in [0.1, 0.15) is 54.0 Å². The van der Waals surface area contributed by atoms with Crippen LogP contribution in [0.4, 0.5) is 5.13 Å². The number of nitrogens with zero attached hydrogens (tertiary/aromatic N) is 2. The lowest BCUT2D eigenvalue weighted by Crippen LogP contribution is -2.29. The molecular weight excluding hydrogens is 320 g/mol. The topological polar surface area (TPSA) is 66.9 Å². The van der Waals surface area contributed by atoms with E-state index >= 15 is 0 Å². The minimum absolute atomic E-state index is 0.132. The summed E-state index contributed by atoms with van der Waals surface area (Å²) in [6.07, 6.45) is 1.14. The summed E-state index contributed by atoms with van der Waals surface area (Å²) in [5.74, 6) is 0.372. The highest BCUT2D eigenvalue weighted by molar-refractivity contribution is 7.15. The standard InChI is InChI=1S/C18H24N4OS/c1-11-21-22-17(24-11)20-16(23)13-7-5-6-12(8-13)14-9-15(14)19-10-18(2,3)4/h5-8,14-15,19H,9-10H2,1-4H3,(H,20,22,23). The van der Waals surface area contributed by atoms with Gasteiger partial charge in [-0.05, 0) is 36.5 Å². The first kappa shape index (κ1) is 17.0. The van der Waals surface area contributed by atoms with Gasteiger partial charge in [-0.1, -0.05) is 44.2 Å². The van der Waals surface area contributed by atoms with E-state index in [1.54, 1.807) is 0 Å². The fraction of sp³-hybridized carbons (Fsp3) is 0.500. The third-order valence-corrected chi connectivity index (χ3v) is 4.76. The highest BCUT2D eigenvalue weighted by Crippen LogP contribution is 2.41. The Morgan fingerprint density at radius 1 is 1.33 bits per heavy atom. The van der Waals surface area contributed by atoms with Crippen LogP contribution in [0, 0.1) is 12.3 Å². The van der Waals surface area contributed by atoms with Crippen molar-refractivity contribution in [3.8, 4) is 0 Å². The molecule has 0 saturated heterocycles. The normalized spacial score (nSPS) is 20.0. The zero-order chi connectivity index (χ0) is 17.3. The van der Waals surface area contributed by atoms with Crippen molar-refractivity contribution in [1.29, 1.82) is 0 Å². The number of nitrogens with one attached hydrogen (secondary N) is 2. The quantitative estimate of drug-likeness (QED) is 0.870. The monoisotopic (exact) mass is 344 g/mol. The maximum Gasteiger partial charge on any atom is 0.257 e. The lowest BCUT2D eigenvalue weighted by molar-refractivity contribution is 0.102. The van der Waals surface area contributed by atoms with Crippen molar-refractivity contribution in [2.45, 2.75) is 46.1 Å². The van der Waals surface area contributed by atoms with E-state index in [0.29, 0.717) is 22.7 Å². The molecule has 6 heteroatoms. The molecule has 24 heavy (non-hydrogen) atoms. The van der Waals surface area contributed by atoms with Crippen LogP contribution in [0.5, 0.6) is 0 Å². The molecule has 2 unspecified atom stereocenters. The van der Waals surface area contributed by atoms with Gasteiger partial charge in [-0.25, -0.2) is 0 Å². The van der Waals surface area contributed by atoms with Crippen molar-refractivity contribution in [2.75, 3.05) is 11.9 Å². The summed E-state index contributed by atoms with van der Waals surface area (Å²) in [6, 6.07) is 8.41. The Morgan fingerprint density at radius 2 is 2.12 bits per heavy atom. The van der Waals surface area contributed by atoms with Crippen LogP contribution in [0.3, 0.4) is 0 Å². The molecule has 1 aliphatic rings. The molecule has 5 nitrogen and oxygen atoms in total. The fourth-order valence-corrected chi connectivity index (χ4v) is 3.24. The summed E-state index contributed by atoms with van der Waals surface area (Å²) in [6.45, 7) is 9.57. The van der Waals surface area contributed by atoms with E-state index in [2.05, 4.69) is 47.7 Å². The SMILES string of the molecule is Cc1nnc(NC(=O)c2cccc(C3CC3NCC(C)(C)C)c2)s1. The second kappa shape index (κ2) is 6.61. The van der Waals surface area contributed by atoms with Gasteiger partial charge in [0.25, 0.3) is 5.91 Å². The predicted molar refractivity (Wildman–Crippen MR) is 97.6 cm³/mol. The number of anilines is 1. The van der Waals surface area contributed by atoms with Crippen LogP contribution in [0.15, 0.2) is 24.3 Å². The van der Waals surface area contributed by atoms with E-state index in [-0.39, 0.29) is 11.3 Å². The number of rotatable bonds is 5. The fourth-order valence-electron chi connectivity index (χ4n) is 2.65. The van der Waals surface area contributed by atoms with E-state index in [1.165, 1.54) is 16.9 Å². The van der Waals surface area contributed by atoms with Crippen molar-refractivity contribution in [3.05, 3.63) is 40.4 Å². The second-order valence-corrected chi connectivity index (χ2v) is 8.78. The van der Waals surface area contributed by atoms with Gasteiger partial charge < -0.3 is 5.32 Å². The number of aryl methyl sites for hydroxylation is 1. The molecule has 1 aromatic carbocycles. The average Bonchev–Trinajstić information content (AvgIpc) is 3.20. The van der Waals surface area contributed by atoms with Gasteiger partial charge in [-0.15, -0.1) is 10.2 Å². The van der Waals surface area contributed by atoms with Crippen LogP contribution in [-0.2, 0) is 0 Å². The number of carbonyl (C=O) groups is 1. The largest absolute Gasteiger partial charge is 0.313 e. The molecule has 1 saturated carbocycles. The number of aromatic nitrogens is 2. The van der Waals surface area contributed by atoms with Crippen LogP contribution < -0.4 is 10.6 Å². The Balaban J connectivity index is 1.61. The molecule has 2 N–H and O–H groups in total. The summed E-state index contributed by atoms with van der Waals surface area (Å²) < 4.78 is 0. The number of carbonyl (C=O) groups excluding carboxylic acids is 1. The van der Waals surface area contributed by atoms with Gasteiger partial charge in [0.05, 0.1) is 0 Å². The molecule has 1 amide bonds. The van der Waals surface area contributed by atoms with Crippen molar-refractivity contribution >= 4 is 22.4 Å². The Morgan fingerprint density at radius 3 is 2.79 bits per heavy atom. The molecule has 1 heterocycles. The lowest BCUT2D eigenvalue weighted by atomic mass is 9.97. The zero-order valence-corrected chi connectivity index (χ0v) is 15.4. The third kappa shape index (κ3) is 4.39. The second-order valence-electron chi connectivity index (χ2n) is 7.60. The van der Waals surface area contributed by atoms with Gasteiger partial charge in [0.2, 0.25) is 5.13 Å². The van der Waals surface area contributed by atoms with Gasteiger partial charge in [-0.3, -0.25) is 10.1 Å². The number of amides is 1. The third-order valence-electron chi connectivity index (χ3n) is 4.01. The van der Waals surface area contributed by atoms with Crippen LogP contribution in [0.25, 0.3) is 0 Å². The first-order chi connectivity index (χ1) is 11.3. The van der Waals surface area contributed by atoms with Crippen molar-refractivity contribution < 1.29 is 4.79 Å². The Labute approximate surface area is 146 Å². The maximum absolute atomic E-state index is 12.4. The zero-order valence-electron chi connectivity index (χ0n) is 14.6. The molecule has 128 valence electrons. The average molecular weight is 344 g/mol. The molecule has 1 fully saturated rings. The van der Waals surface area contributed by atoms with Crippen molar-refractivity contribution in [3.63, 3.8) is 0 Å². The molecular formula is C18H24N4OS. The molecule has 0 radical (unpaired) electrons. The van der Waals surface area contributed by atoms with Gasteiger partial charge in [0.1, 0.15) is 5.01 Å². The number of hydrogen-bond donors (Lipinski definition) is 2. The van der Waals surface area contributed by atoms with E-state index in [1.807, 2.05) is 25.1 Å². The molecule has 2 atom stereocenters. The molecule has 0 spiro atoms. The highest BCUT2D eigenvalue weighted by atomic mass is 32.1. The summed E-state index contributed by atoms with van der Waals surface area (Å²) in [4.78, 5) is 12.4. The van der Waals surface area contributed by atoms with E-state index < -0.39 is 0 Å². The molecule has 0 aliphatic heterocycles. The minimum Gasteiger partial charge on any atom is -0.313 e. The van der Waals surface area contributed by atoms with Crippen LogP contribution in [0.2, 0.25) is 0 Å². The Kier molecular flexibility index (Phi) is 4.69. The highest BCUT2D eigenvalue weighted by Gasteiger charge is 2.38. The van der Waals surface area contributed by atoms with Gasteiger partial charge in [0.15, 0.2) is 0 Å². The molecule has 1 aliphatic carbocycles. The van der Waals surface area contributed by atoms with E-state index in [9.17, 15) is 4.79 Å². The first-order valence-corrected chi connectivity index (χ1v) is 9.08. The Bertz CT molecular complexity index is 735. The van der Waals surface area contributed by atoms with Crippen LogP contribution >= 0.6 is 11.3 Å². The first-order valence-electron chi connectivity index (χ1n) is 8.27. The van der Waals surface area contributed by atoms with E-state index in [0.717, 1.165) is 18.0 Å². The summed E-state index contributed by atoms with van der Waals surface area (Å²) in [7, 11) is 0. The van der Waals surface area contributed by atoms with Gasteiger partial charge >= 0.3 is 0 Å². The summed E-state index contributed by atoms with van der Waals surface area (Å²) >= 11 is 1.38. The lowest BCUT2D eigenvalue weighted by Gasteiger charge is -2.18. The summed E-state index contributed by atoms with van der Waals surface area (Å²) in [5, 5.41) is 15.7. The van der Waals surface area contributed by atoms with Crippen molar-refractivity contribution in [2.24, 2.45) is 5.41 Å². The smallest absolute Gasteiger partial charge is 0.257 e.